The Morgan fingerprint density at radius 2 is 2.06 bits per heavy atom. The molecule has 0 aliphatic heterocycles. The summed E-state index contributed by atoms with van der Waals surface area (Å²) in [5.41, 5.74) is -0.579. The van der Waals surface area contributed by atoms with Crippen LogP contribution in [0.15, 0.2) is 18.2 Å². The lowest BCUT2D eigenvalue weighted by atomic mass is 9.94. The van der Waals surface area contributed by atoms with Crippen molar-refractivity contribution in [3.8, 4) is 0 Å². The van der Waals surface area contributed by atoms with Gasteiger partial charge in [0.1, 0.15) is 0 Å². The topological polar surface area (TPSA) is 66.4 Å². The Kier molecular flexibility index (Phi) is 4.98. The second-order valence-electron chi connectivity index (χ2n) is 4.50. The maximum atomic E-state index is 11.8. The van der Waals surface area contributed by atoms with Gasteiger partial charge in [-0.2, -0.15) is 0 Å². The molecule has 0 unspecified atom stereocenters. The van der Waals surface area contributed by atoms with Crippen molar-refractivity contribution >= 4 is 46.1 Å². The molecule has 1 amide bonds. The van der Waals surface area contributed by atoms with Crippen LogP contribution in [0.1, 0.15) is 24.2 Å². The van der Waals surface area contributed by atoms with E-state index in [9.17, 15) is 9.59 Å². The molecule has 0 aromatic heterocycles. The Morgan fingerprint density at radius 3 is 2.56 bits per heavy atom. The summed E-state index contributed by atoms with van der Waals surface area (Å²) in [6.07, 6.45) is 0. The molecule has 0 bridgehead atoms. The highest BCUT2D eigenvalue weighted by Gasteiger charge is 2.27. The summed E-state index contributed by atoms with van der Waals surface area (Å²) in [5, 5.41) is 12.0. The van der Waals surface area contributed by atoms with Gasteiger partial charge in [0, 0.05) is 15.7 Å². The average Bonchev–Trinajstić information content (AvgIpc) is 2.29. The van der Waals surface area contributed by atoms with E-state index in [1.807, 2.05) is 0 Å². The first-order valence-electron chi connectivity index (χ1n) is 5.20. The molecule has 0 spiro atoms. The fourth-order valence-corrected chi connectivity index (χ4v) is 1.63. The molecule has 0 saturated carbocycles. The highest BCUT2D eigenvalue weighted by atomic mass is 127. The van der Waals surface area contributed by atoms with Gasteiger partial charge >= 0.3 is 5.97 Å². The Hall–Kier alpha value is -0.820. The molecule has 1 aromatic rings. The number of aliphatic carboxylic acids is 1. The number of hydrogen-bond donors (Lipinski definition) is 2. The Balaban J connectivity index is 2.72. The molecule has 2 N–H and O–H groups in total. The number of benzene rings is 1. The van der Waals surface area contributed by atoms with Gasteiger partial charge in [0.2, 0.25) is 0 Å². The van der Waals surface area contributed by atoms with Crippen LogP contribution >= 0.6 is 34.2 Å². The zero-order chi connectivity index (χ0) is 13.9. The molecular formula is C12H13ClINO3. The van der Waals surface area contributed by atoms with Crippen molar-refractivity contribution in [3.63, 3.8) is 0 Å². The molecular weight excluding hydrogens is 368 g/mol. The predicted molar refractivity (Wildman–Crippen MR) is 77.9 cm³/mol. The molecule has 6 heteroatoms. The summed E-state index contributed by atoms with van der Waals surface area (Å²) in [5.74, 6) is -1.29. The quantitative estimate of drug-likeness (QED) is 0.788. The molecule has 18 heavy (non-hydrogen) atoms. The van der Waals surface area contributed by atoms with Gasteiger partial charge in [0.15, 0.2) is 0 Å². The second kappa shape index (κ2) is 5.88. The lowest BCUT2D eigenvalue weighted by molar-refractivity contribution is -0.146. The molecule has 4 nitrogen and oxygen atoms in total. The molecule has 0 heterocycles. The summed E-state index contributed by atoms with van der Waals surface area (Å²) in [4.78, 5) is 22.7. The third-order valence-corrected chi connectivity index (χ3v) is 4.02. The minimum atomic E-state index is -0.997. The number of hydrogen-bond acceptors (Lipinski definition) is 2. The van der Waals surface area contributed by atoms with E-state index in [0.29, 0.717) is 10.6 Å². The zero-order valence-electron chi connectivity index (χ0n) is 9.96. The molecule has 98 valence electrons. The van der Waals surface area contributed by atoms with Gasteiger partial charge in [-0.15, -0.1) is 0 Å². The van der Waals surface area contributed by atoms with Crippen LogP contribution in [0.5, 0.6) is 0 Å². The van der Waals surface area contributed by atoms with E-state index < -0.39 is 11.4 Å². The van der Waals surface area contributed by atoms with Crippen LogP contribution in [0, 0.1) is 8.99 Å². The largest absolute Gasteiger partial charge is 0.481 e. The van der Waals surface area contributed by atoms with E-state index in [-0.39, 0.29) is 12.5 Å². The second-order valence-corrected chi connectivity index (χ2v) is 6.07. The van der Waals surface area contributed by atoms with Crippen LogP contribution in [0.4, 0.5) is 0 Å². The van der Waals surface area contributed by atoms with Crippen LogP contribution in [0.2, 0.25) is 5.02 Å². The highest BCUT2D eigenvalue weighted by molar-refractivity contribution is 14.1. The van der Waals surface area contributed by atoms with E-state index in [1.54, 1.807) is 32.0 Å². The summed E-state index contributed by atoms with van der Waals surface area (Å²) < 4.78 is 0.858. The minimum absolute atomic E-state index is 0.0603. The Bertz CT molecular complexity index is 488. The SMILES string of the molecule is CC(C)(CNC(=O)c1ccc(I)c(Cl)c1)C(=O)O. The number of halogens is 2. The number of carboxylic acid groups (broad SMARTS) is 1. The first-order valence-corrected chi connectivity index (χ1v) is 6.66. The smallest absolute Gasteiger partial charge is 0.310 e. The van der Waals surface area contributed by atoms with E-state index in [4.69, 9.17) is 16.7 Å². The van der Waals surface area contributed by atoms with E-state index in [0.717, 1.165) is 3.57 Å². The minimum Gasteiger partial charge on any atom is -0.481 e. The molecule has 1 rings (SSSR count). The third-order valence-electron chi connectivity index (χ3n) is 2.45. The number of carboxylic acids is 1. The maximum absolute atomic E-state index is 11.8. The molecule has 1 aromatic carbocycles. The van der Waals surface area contributed by atoms with Crippen LogP contribution in [-0.2, 0) is 4.79 Å². The molecule has 0 atom stereocenters. The number of nitrogens with one attached hydrogen (secondary N) is 1. The molecule has 0 saturated heterocycles. The van der Waals surface area contributed by atoms with Crippen LogP contribution in [0.3, 0.4) is 0 Å². The van der Waals surface area contributed by atoms with Crippen molar-refractivity contribution in [1.82, 2.24) is 5.32 Å². The van der Waals surface area contributed by atoms with Gasteiger partial charge in [-0.05, 0) is 54.6 Å². The number of carbonyl (C=O) groups is 2. The van der Waals surface area contributed by atoms with Gasteiger partial charge in [0.25, 0.3) is 5.91 Å². The summed E-state index contributed by atoms with van der Waals surface area (Å²) in [6, 6.07) is 4.95. The predicted octanol–water partition coefficient (Wildman–Crippen LogP) is 2.79. The molecule has 0 aliphatic rings. The fraction of sp³-hybridized carbons (Fsp3) is 0.333. The van der Waals surface area contributed by atoms with Crippen molar-refractivity contribution in [2.75, 3.05) is 6.54 Å². The number of carbonyl (C=O) groups excluding carboxylic acids is 1. The van der Waals surface area contributed by atoms with Crippen molar-refractivity contribution < 1.29 is 14.7 Å². The third kappa shape index (κ3) is 3.84. The first-order chi connectivity index (χ1) is 8.24. The van der Waals surface area contributed by atoms with Gasteiger partial charge in [-0.1, -0.05) is 11.6 Å². The van der Waals surface area contributed by atoms with Crippen molar-refractivity contribution in [3.05, 3.63) is 32.4 Å². The number of amides is 1. The Morgan fingerprint density at radius 1 is 1.44 bits per heavy atom. The summed E-state index contributed by atoms with van der Waals surface area (Å²) in [6.45, 7) is 3.16. The van der Waals surface area contributed by atoms with E-state index >= 15 is 0 Å². The van der Waals surface area contributed by atoms with Crippen molar-refractivity contribution in [2.45, 2.75) is 13.8 Å². The molecule has 0 aliphatic carbocycles. The lowest BCUT2D eigenvalue weighted by Crippen LogP contribution is -2.38. The van der Waals surface area contributed by atoms with Gasteiger partial charge < -0.3 is 10.4 Å². The van der Waals surface area contributed by atoms with Crippen LogP contribution in [0.25, 0.3) is 0 Å². The van der Waals surface area contributed by atoms with Gasteiger partial charge in [-0.25, -0.2) is 0 Å². The van der Waals surface area contributed by atoms with Crippen molar-refractivity contribution in [1.29, 1.82) is 0 Å². The molecule has 0 fully saturated rings. The van der Waals surface area contributed by atoms with Crippen LogP contribution < -0.4 is 5.32 Å². The van der Waals surface area contributed by atoms with E-state index in [1.165, 1.54) is 0 Å². The van der Waals surface area contributed by atoms with Gasteiger partial charge in [0.05, 0.1) is 10.4 Å². The Labute approximate surface area is 124 Å². The molecule has 0 radical (unpaired) electrons. The fourth-order valence-electron chi connectivity index (χ4n) is 1.12. The van der Waals surface area contributed by atoms with Crippen LogP contribution in [-0.4, -0.2) is 23.5 Å². The first kappa shape index (κ1) is 15.2. The maximum Gasteiger partial charge on any atom is 0.310 e. The zero-order valence-corrected chi connectivity index (χ0v) is 12.9. The standard InChI is InChI=1S/C12H13ClINO3/c1-12(2,11(17)18)6-15-10(16)7-3-4-9(14)8(13)5-7/h3-5H,6H2,1-2H3,(H,15,16)(H,17,18). The summed E-state index contributed by atoms with van der Waals surface area (Å²) in [7, 11) is 0. The van der Waals surface area contributed by atoms with Gasteiger partial charge in [-0.3, -0.25) is 9.59 Å². The average molecular weight is 382 g/mol. The highest BCUT2D eigenvalue weighted by Crippen LogP contribution is 2.20. The van der Waals surface area contributed by atoms with Crippen molar-refractivity contribution in [2.24, 2.45) is 5.41 Å². The monoisotopic (exact) mass is 381 g/mol. The van der Waals surface area contributed by atoms with E-state index in [2.05, 4.69) is 27.9 Å². The lowest BCUT2D eigenvalue weighted by Gasteiger charge is -2.19. The number of rotatable bonds is 4. The normalized spacial score (nSPS) is 11.1. The summed E-state index contributed by atoms with van der Waals surface area (Å²) >= 11 is 7.98.